The molecule has 2 unspecified atom stereocenters. The van der Waals surface area contributed by atoms with Crippen molar-refractivity contribution in [2.75, 3.05) is 62.5 Å². The maximum Gasteiger partial charge on any atom is 0.245 e. The molecule has 8 heterocycles. The van der Waals surface area contributed by atoms with Crippen LogP contribution >= 0.6 is 0 Å². The van der Waals surface area contributed by atoms with Crippen molar-refractivity contribution in [2.24, 2.45) is 0 Å². The largest absolute Gasteiger partial charge is 0.506 e. The monoisotopic (exact) mass is 776 g/mol. The summed E-state index contributed by atoms with van der Waals surface area (Å²) in [7, 11) is 5.51. The second-order valence-electron chi connectivity index (χ2n) is 15.8. The van der Waals surface area contributed by atoms with Crippen LogP contribution in [0.25, 0.3) is 39.0 Å². The zero-order valence-corrected chi connectivity index (χ0v) is 32.0. The molecule has 0 saturated carbocycles. The van der Waals surface area contributed by atoms with E-state index in [0.717, 1.165) is 31.1 Å². The average molecular weight is 777 g/mol. The van der Waals surface area contributed by atoms with Crippen molar-refractivity contribution in [3.05, 3.63) is 72.2 Å². The number of likely N-dealkylation sites (N-methyl/N-ethyl adjacent to an activating group) is 2. The maximum absolute atomic E-state index is 15.1. The topological polar surface area (TPSA) is 146 Å². The summed E-state index contributed by atoms with van der Waals surface area (Å²) in [6.45, 7) is 4.62. The van der Waals surface area contributed by atoms with Gasteiger partial charge in [0.2, 0.25) is 11.9 Å². The van der Waals surface area contributed by atoms with Crippen molar-refractivity contribution in [2.45, 2.75) is 56.6 Å². The smallest absolute Gasteiger partial charge is 0.245 e. The number of likely N-dealkylation sites (tertiary alicyclic amines) is 1. The van der Waals surface area contributed by atoms with Crippen molar-refractivity contribution in [3.63, 3.8) is 0 Å². The number of pyridine rings is 1. The highest BCUT2D eigenvalue weighted by molar-refractivity contribution is 5.94. The van der Waals surface area contributed by atoms with E-state index in [0.29, 0.717) is 70.7 Å². The number of nitrogens with zero attached hydrogens (tertiary/aromatic N) is 11. The minimum absolute atomic E-state index is 0.118. The van der Waals surface area contributed by atoms with Crippen molar-refractivity contribution in [1.29, 1.82) is 0 Å². The Kier molecular flexibility index (Phi) is 8.30. The molecular weight excluding hydrogens is 735 g/mol. The number of rotatable bonds is 4. The summed E-state index contributed by atoms with van der Waals surface area (Å²) in [6, 6.07) is 11.8. The summed E-state index contributed by atoms with van der Waals surface area (Å²) >= 11 is 0. The number of benzene rings is 2. The van der Waals surface area contributed by atoms with Crippen LogP contribution in [-0.4, -0.2) is 133 Å². The molecule has 1 amide bonds. The fourth-order valence-electron chi connectivity index (χ4n) is 9.33. The maximum atomic E-state index is 15.1. The first kappa shape index (κ1) is 35.5. The van der Waals surface area contributed by atoms with Gasteiger partial charge in [0.05, 0.1) is 41.0 Å². The highest BCUT2D eigenvalue weighted by Gasteiger charge is 2.46. The summed E-state index contributed by atoms with van der Waals surface area (Å²) < 4.78 is 38.8. The molecule has 4 aliphatic rings. The Morgan fingerprint density at radius 1 is 0.912 bits per heavy atom. The number of methoxy groups -OCH3 is 1. The number of piperidine rings is 1. The number of fused-ring (bicyclic) bond motifs is 8. The lowest BCUT2D eigenvalue weighted by molar-refractivity contribution is -0.132. The van der Waals surface area contributed by atoms with Crippen LogP contribution in [-0.2, 0) is 16.1 Å². The third-order valence-corrected chi connectivity index (χ3v) is 12.0. The number of hydrogen-bond acceptors (Lipinski definition) is 12. The fraction of sp³-hybridized carbons (Fsp3) is 0.400. The predicted octanol–water partition coefficient (Wildman–Crippen LogP) is 3.96. The molecule has 3 saturated heterocycles. The molecule has 6 aromatic rings. The van der Waals surface area contributed by atoms with Gasteiger partial charge >= 0.3 is 0 Å². The molecule has 4 aromatic heterocycles. The minimum atomic E-state index is -0.651. The number of aromatic nitrogens is 7. The van der Waals surface area contributed by atoms with E-state index in [-0.39, 0.29) is 42.0 Å². The van der Waals surface area contributed by atoms with Crippen LogP contribution in [0, 0.1) is 18.6 Å². The number of halogens is 2. The van der Waals surface area contributed by atoms with Crippen LogP contribution in [0.3, 0.4) is 0 Å². The molecule has 0 radical (unpaired) electrons. The Balaban J connectivity index is 1.10. The molecule has 10 rings (SSSR count). The van der Waals surface area contributed by atoms with Crippen LogP contribution in [0.2, 0.25) is 0 Å². The van der Waals surface area contributed by atoms with Gasteiger partial charge in [0.15, 0.2) is 5.65 Å². The van der Waals surface area contributed by atoms with Gasteiger partial charge in [0.1, 0.15) is 46.6 Å². The lowest BCUT2D eigenvalue weighted by atomic mass is 9.88. The Bertz CT molecular complexity index is 2570. The van der Waals surface area contributed by atoms with E-state index < -0.39 is 23.8 Å². The summed E-state index contributed by atoms with van der Waals surface area (Å²) in [5.41, 5.74) is 3.14. The number of phenolic OH excluding ortho intramolecular Hbond substituents is 1. The number of hydrogen-bond donors (Lipinski definition) is 2. The SMILES string of the molecule is CO[C@H]1CN(C)C(=O)[C@@H]2C[C@@H](CN2c2nc(N3C4CC3CN(C)C4)nc3c2cnn3-c2ccc(F)cc2O)Nc2cccc(n2)-c2cc(F)cc3nc(C)n(c23)C1. The highest BCUT2D eigenvalue weighted by Crippen LogP contribution is 2.40. The third kappa shape index (κ3) is 5.89. The summed E-state index contributed by atoms with van der Waals surface area (Å²) in [5.74, 6) is 0.921. The average Bonchev–Trinajstić information content (AvgIpc) is 3.88. The zero-order chi connectivity index (χ0) is 39.3. The molecule has 294 valence electrons. The molecule has 4 aliphatic heterocycles. The Morgan fingerprint density at radius 3 is 2.53 bits per heavy atom. The van der Waals surface area contributed by atoms with Gasteiger partial charge < -0.3 is 39.3 Å². The first-order valence-corrected chi connectivity index (χ1v) is 19.2. The molecule has 17 heteroatoms. The van der Waals surface area contributed by atoms with Crippen LogP contribution in [0.4, 0.5) is 26.4 Å². The number of phenols is 1. The van der Waals surface area contributed by atoms with Crippen LogP contribution in [0.15, 0.2) is 54.7 Å². The summed E-state index contributed by atoms with van der Waals surface area (Å²) in [4.78, 5) is 43.0. The van der Waals surface area contributed by atoms with E-state index in [9.17, 15) is 14.3 Å². The van der Waals surface area contributed by atoms with Gasteiger partial charge in [-0.3, -0.25) is 4.79 Å². The Labute approximate surface area is 326 Å². The second kappa shape index (κ2) is 13.3. The number of ether oxygens (including phenoxy) is 1. The summed E-state index contributed by atoms with van der Waals surface area (Å²) in [5, 5.41) is 19.7. The standard InChI is InChI=1S/C40H42F2N12O3/c1-21-44-31-11-23(42)10-28-30-6-5-7-35(46-30)45-24-13-33(39(56)50(3)19-27(57-4)20-51(21)36(28)31)52(16-24)37-29-15-43-54(32-9-8-22(41)12-34(32)55)38(29)48-40(47-37)53-25-14-26(53)18-49(2)17-25/h5-12,15,24-27,33,55H,13-14,16-20H2,1-4H3,(H,45,46)/t24-,25?,26?,27-,33-/m0/s1. The van der Waals surface area contributed by atoms with E-state index in [1.165, 1.54) is 28.9 Å². The molecule has 0 aliphatic carbocycles. The van der Waals surface area contributed by atoms with Crippen LogP contribution < -0.4 is 15.1 Å². The van der Waals surface area contributed by atoms with Gasteiger partial charge in [-0.1, -0.05) is 6.07 Å². The van der Waals surface area contributed by atoms with Gasteiger partial charge in [-0.05, 0) is 57.1 Å². The van der Waals surface area contributed by atoms with E-state index >= 15 is 4.39 Å². The summed E-state index contributed by atoms with van der Waals surface area (Å²) in [6.07, 6.45) is 2.66. The van der Waals surface area contributed by atoms with E-state index in [4.69, 9.17) is 24.7 Å². The minimum Gasteiger partial charge on any atom is -0.506 e. The Morgan fingerprint density at radius 2 is 1.74 bits per heavy atom. The zero-order valence-electron chi connectivity index (χ0n) is 32.0. The normalized spacial score (nSPS) is 23.8. The van der Waals surface area contributed by atoms with Gasteiger partial charge in [0.25, 0.3) is 0 Å². The second-order valence-corrected chi connectivity index (χ2v) is 15.8. The quantitative estimate of drug-likeness (QED) is 0.268. The molecule has 2 N–H and O–H groups in total. The number of nitrogens with one attached hydrogen (secondary N) is 1. The molecule has 0 spiro atoms. The van der Waals surface area contributed by atoms with E-state index in [1.54, 1.807) is 25.3 Å². The number of aromatic hydroxyl groups is 1. The van der Waals surface area contributed by atoms with Gasteiger partial charge in [-0.25, -0.2) is 23.4 Å². The number of amides is 1. The first-order valence-electron chi connectivity index (χ1n) is 19.2. The molecule has 57 heavy (non-hydrogen) atoms. The number of carbonyl (C=O) groups excluding carboxylic acids is 1. The van der Waals surface area contributed by atoms with Crippen molar-refractivity contribution in [1.82, 2.24) is 44.1 Å². The number of piperazine rings is 1. The van der Waals surface area contributed by atoms with Gasteiger partial charge in [-0.15, -0.1) is 0 Å². The fourth-order valence-corrected chi connectivity index (χ4v) is 9.33. The van der Waals surface area contributed by atoms with Gasteiger partial charge in [-0.2, -0.15) is 15.1 Å². The Hall–Kier alpha value is -5.94. The van der Waals surface area contributed by atoms with Gasteiger partial charge in [0, 0.05) is 76.2 Å². The highest BCUT2D eigenvalue weighted by atomic mass is 19.1. The molecule has 15 nitrogen and oxygen atoms in total. The lowest BCUT2D eigenvalue weighted by Gasteiger charge is -2.55. The molecule has 6 bridgehead atoms. The number of aryl methyl sites for hydroxylation is 1. The lowest BCUT2D eigenvalue weighted by Crippen LogP contribution is -2.68. The van der Waals surface area contributed by atoms with E-state index in [2.05, 4.69) is 27.3 Å². The molecule has 2 aromatic carbocycles. The third-order valence-electron chi connectivity index (χ3n) is 12.0. The first-order chi connectivity index (χ1) is 27.5. The van der Waals surface area contributed by atoms with Crippen molar-refractivity contribution < 1.29 is 23.4 Å². The van der Waals surface area contributed by atoms with Crippen LogP contribution in [0.5, 0.6) is 5.75 Å². The van der Waals surface area contributed by atoms with Crippen molar-refractivity contribution >= 4 is 45.6 Å². The number of imidazole rings is 1. The van der Waals surface area contributed by atoms with Crippen molar-refractivity contribution in [3.8, 4) is 22.7 Å². The molecule has 3 fully saturated rings. The number of anilines is 3. The van der Waals surface area contributed by atoms with Crippen LogP contribution in [0.1, 0.15) is 18.7 Å². The van der Waals surface area contributed by atoms with E-state index in [1.807, 2.05) is 34.6 Å². The predicted molar refractivity (Wildman–Crippen MR) is 210 cm³/mol. The molecular formula is C40H42F2N12O3. The molecule has 5 atom stereocenters. The number of carbonyl (C=O) groups is 1.